The summed E-state index contributed by atoms with van der Waals surface area (Å²) in [4.78, 5) is 36.8. The van der Waals surface area contributed by atoms with Crippen LogP contribution in [0.4, 0.5) is 10.8 Å². The molecule has 3 aromatic carbocycles. The fourth-order valence-electron chi connectivity index (χ4n) is 5.65. The Morgan fingerprint density at radius 2 is 1.63 bits per heavy atom. The summed E-state index contributed by atoms with van der Waals surface area (Å²) in [5, 5.41) is 3.11. The van der Waals surface area contributed by atoms with E-state index in [1.165, 1.54) is 19.3 Å². The van der Waals surface area contributed by atoms with Gasteiger partial charge in [-0.15, -0.1) is 11.3 Å². The van der Waals surface area contributed by atoms with Gasteiger partial charge in [0.1, 0.15) is 0 Å². The number of nitrogens with zero attached hydrogens (tertiary/aromatic N) is 3. The number of aromatic nitrogens is 1. The van der Waals surface area contributed by atoms with Gasteiger partial charge < -0.3 is 9.80 Å². The number of amides is 1. The van der Waals surface area contributed by atoms with Gasteiger partial charge in [0, 0.05) is 46.4 Å². The molecule has 1 fully saturated rings. The molecule has 38 heavy (non-hydrogen) atoms. The van der Waals surface area contributed by atoms with E-state index in [2.05, 4.69) is 30.2 Å². The molecule has 0 N–H and O–H groups in total. The minimum Gasteiger partial charge on any atom is -0.348 e. The average molecular weight is 522 g/mol. The number of para-hydroxylation sites is 1. The first-order chi connectivity index (χ1) is 18.5. The number of hydrogen-bond acceptors (Lipinski definition) is 5. The van der Waals surface area contributed by atoms with Crippen LogP contribution in [0.25, 0.3) is 11.1 Å². The molecule has 0 unspecified atom stereocenters. The number of benzene rings is 3. The van der Waals surface area contributed by atoms with Crippen molar-refractivity contribution in [1.82, 2.24) is 4.98 Å². The fourth-order valence-corrected chi connectivity index (χ4v) is 6.52. The van der Waals surface area contributed by atoms with Crippen LogP contribution in [0.15, 0.2) is 72.1 Å². The van der Waals surface area contributed by atoms with Crippen molar-refractivity contribution in [1.29, 1.82) is 0 Å². The number of carbonyl (C=O) groups excluding carboxylic acids is 2. The van der Waals surface area contributed by atoms with Crippen LogP contribution in [0, 0.1) is 0 Å². The molecule has 1 aliphatic heterocycles. The third-order valence-electron chi connectivity index (χ3n) is 7.56. The molecule has 1 amide bonds. The molecule has 0 saturated carbocycles. The van der Waals surface area contributed by atoms with Crippen LogP contribution in [0.1, 0.15) is 76.6 Å². The molecule has 2 aliphatic rings. The van der Waals surface area contributed by atoms with E-state index in [1.807, 2.05) is 65.6 Å². The Morgan fingerprint density at radius 1 is 0.921 bits per heavy atom. The summed E-state index contributed by atoms with van der Waals surface area (Å²) >= 11 is 1.65. The van der Waals surface area contributed by atoms with E-state index < -0.39 is 0 Å². The van der Waals surface area contributed by atoms with Gasteiger partial charge in [-0.25, -0.2) is 4.98 Å². The van der Waals surface area contributed by atoms with Crippen LogP contribution in [0.3, 0.4) is 0 Å². The molecule has 5 nitrogen and oxygen atoms in total. The molecule has 0 spiro atoms. The predicted molar refractivity (Wildman–Crippen MR) is 155 cm³/mol. The van der Waals surface area contributed by atoms with E-state index in [-0.39, 0.29) is 17.6 Å². The number of rotatable bonds is 6. The Hall–Kier alpha value is -3.77. The van der Waals surface area contributed by atoms with Crippen molar-refractivity contribution in [3.63, 3.8) is 0 Å². The van der Waals surface area contributed by atoms with E-state index in [0.29, 0.717) is 23.2 Å². The fraction of sp³-hybridized carbons (Fsp3) is 0.281. The molecular weight excluding hydrogens is 490 g/mol. The highest BCUT2D eigenvalue weighted by Crippen LogP contribution is 2.40. The van der Waals surface area contributed by atoms with Gasteiger partial charge in [0.25, 0.3) is 5.91 Å². The highest BCUT2D eigenvalue weighted by atomic mass is 32.1. The van der Waals surface area contributed by atoms with E-state index in [4.69, 9.17) is 4.98 Å². The van der Waals surface area contributed by atoms with Crippen LogP contribution < -0.4 is 9.80 Å². The Balaban J connectivity index is 1.43. The molecule has 4 aromatic rings. The van der Waals surface area contributed by atoms with E-state index in [0.717, 1.165) is 46.3 Å². The lowest BCUT2D eigenvalue weighted by molar-refractivity contribution is 0.0985. The van der Waals surface area contributed by atoms with E-state index in [1.54, 1.807) is 11.3 Å². The molecule has 6 rings (SSSR count). The molecule has 0 atom stereocenters. The molecule has 192 valence electrons. The third kappa shape index (κ3) is 4.33. The van der Waals surface area contributed by atoms with Gasteiger partial charge in [0.05, 0.1) is 12.2 Å². The average Bonchev–Trinajstić information content (AvgIpc) is 3.55. The van der Waals surface area contributed by atoms with Crippen molar-refractivity contribution in [2.24, 2.45) is 0 Å². The van der Waals surface area contributed by atoms with Crippen molar-refractivity contribution in [3.8, 4) is 11.1 Å². The molecule has 1 saturated heterocycles. The quantitative estimate of drug-likeness (QED) is 0.235. The number of hydrogen-bond donors (Lipinski definition) is 0. The Bertz CT molecular complexity index is 1520. The Morgan fingerprint density at radius 3 is 2.42 bits per heavy atom. The van der Waals surface area contributed by atoms with Crippen LogP contribution in [0.2, 0.25) is 0 Å². The van der Waals surface area contributed by atoms with Crippen molar-refractivity contribution < 1.29 is 9.59 Å². The standard InChI is InChI=1S/C32H31N3O2S/c1-21(2)23-11-6-7-16-28(23)35(19-22-20-38-32(33-22)34-17-8-3-9-18-34)31(37)27-15-10-14-26-29(27)24-12-4-5-13-25(24)30(26)36/h4-7,10-16,20-21H,3,8-9,17-19H2,1-2H3. The zero-order valence-electron chi connectivity index (χ0n) is 21.8. The van der Waals surface area contributed by atoms with E-state index >= 15 is 0 Å². The second-order valence-corrected chi connectivity index (χ2v) is 11.2. The second-order valence-electron chi connectivity index (χ2n) is 10.4. The van der Waals surface area contributed by atoms with Gasteiger partial charge in [0.15, 0.2) is 10.9 Å². The normalized spacial score (nSPS) is 14.5. The SMILES string of the molecule is CC(C)c1ccccc1N(Cc1csc(N2CCCCC2)n1)C(=O)c1cccc2c1-c1ccccc1C2=O. The Labute approximate surface area is 227 Å². The maximum atomic E-state index is 14.5. The maximum Gasteiger partial charge on any atom is 0.259 e. The monoisotopic (exact) mass is 521 g/mol. The number of fused-ring (bicyclic) bond motifs is 3. The zero-order chi connectivity index (χ0) is 26.2. The molecule has 1 aliphatic carbocycles. The van der Waals surface area contributed by atoms with Crippen molar-refractivity contribution in [2.45, 2.75) is 45.6 Å². The largest absolute Gasteiger partial charge is 0.348 e. The van der Waals surface area contributed by atoms with E-state index in [9.17, 15) is 9.59 Å². The van der Waals surface area contributed by atoms with Gasteiger partial charge in [-0.3, -0.25) is 9.59 Å². The maximum absolute atomic E-state index is 14.5. The van der Waals surface area contributed by atoms with Crippen LogP contribution in [0.5, 0.6) is 0 Å². The molecule has 0 bridgehead atoms. The second kappa shape index (κ2) is 10.2. The zero-order valence-corrected chi connectivity index (χ0v) is 22.6. The van der Waals surface area contributed by atoms with Crippen LogP contribution in [-0.2, 0) is 6.54 Å². The molecule has 1 aromatic heterocycles. The number of carbonyl (C=O) groups is 2. The van der Waals surface area contributed by atoms with Gasteiger partial charge >= 0.3 is 0 Å². The third-order valence-corrected chi connectivity index (χ3v) is 8.51. The number of thiazole rings is 1. The highest BCUT2D eigenvalue weighted by Gasteiger charge is 2.33. The lowest BCUT2D eigenvalue weighted by Crippen LogP contribution is -2.32. The minimum absolute atomic E-state index is 0.0231. The lowest BCUT2D eigenvalue weighted by atomic mass is 9.96. The van der Waals surface area contributed by atoms with Gasteiger partial charge in [0.2, 0.25) is 0 Å². The van der Waals surface area contributed by atoms with Crippen molar-refractivity contribution >= 4 is 33.8 Å². The Kier molecular flexibility index (Phi) is 6.58. The van der Waals surface area contributed by atoms with Crippen LogP contribution in [-0.4, -0.2) is 29.8 Å². The lowest BCUT2D eigenvalue weighted by Gasteiger charge is -2.27. The summed E-state index contributed by atoms with van der Waals surface area (Å²) in [7, 11) is 0. The summed E-state index contributed by atoms with van der Waals surface area (Å²) in [6.45, 7) is 6.73. The smallest absolute Gasteiger partial charge is 0.259 e. The molecular formula is C32H31N3O2S. The molecule has 0 radical (unpaired) electrons. The first kappa shape index (κ1) is 24.6. The van der Waals surface area contributed by atoms with Gasteiger partial charge in [-0.1, -0.05) is 68.4 Å². The summed E-state index contributed by atoms with van der Waals surface area (Å²) in [5.41, 5.74) is 6.23. The van der Waals surface area contributed by atoms with Gasteiger partial charge in [-0.2, -0.15) is 0 Å². The molecule has 2 heterocycles. The summed E-state index contributed by atoms with van der Waals surface area (Å²) in [6, 6.07) is 21.2. The summed E-state index contributed by atoms with van der Waals surface area (Å²) < 4.78 is 0. The number of anilines is 2. The first-order valence-electron chi connectivity index (χ1n) is 13.4. The highest BCUT2D eigenvalue weighted by molar-refractivity contribution is 7.13. The predicted octanol–water partition coefficient (Wildman–Crippen LogP) is 7.32. The number of piperidine rings is 1. The first-order valence-corrected chi connectivity index (χ1v) is 14.3. The topological polar surface area (TPSA) is 53.5 Å². The van der Waals surface area contributed by atoms with Gasteiger partial charge in [-0.05, 0) is 48.4 Å². The summed E-state index contributed by atoms with van der Waals surface area (Å²) in [6.07, 6.45) is 3.66. The van der Waals surface area contributed by atoms with Crippen LogP contribution >= 0.6 is 11.3 Å². The van der Waals surface area contributed by atoms with Crippen molar-refractivity contribution in [3.05, 3.63) is 100 Å². The minimum atomic E-state index is -0.119. The number of ketones is 1. The molecule has 6 heteroatoms. The van der Waals surface area contributed by atoms with Crippen molar-refractivity contribution in [2.75, 3.05) is 22.9 Å². The summed E-state index contributed by atoms with van der Waals surface area (Å²) in [5.74, 6) is 0.0988.